The van der Waals surface area contributed by atoms with Crippen molar-refractivity contribution in [3.63, 3.8) is 0 Å². The molecule has 1 rings (SSSR count). The molecule has 102 valence electrons. The second kappa shape index (κ2) is 6.70. The first kappa shape index (κ1) is 14.9. The van der Waals surface area contributed by atoms with Crippen LogP contribution in [0, 0.1) is 0 Å². The van der Waals surface area contributed by atoms with Gasteiger partial charge in [-0.15, -0.1) is 0 Å². The molecule has 1 N–H and O–H groups in total. The zero-order chi connectivity index (χ0) is 13.6. The van der Waals surface area contributed by atoms with Gasteiger partial charge in [-0.25, -0.2) is 0 Å². The van der Waals surface area contributed by atoms with Crippen LogP contribution in [0.2, 0.25) is 0 Å². The summed E-state index contributed by atoms with van der Waals surface area (Å²) in [5, 5.41) is 2.99. The Morgan fingerprint density at radius 1 is 1.33 bits per heavy atom. The Hall–Kier alpha value is -1.14. The molecular formula is C12H18F3N3. The summed E-state index contributed by atoms with van der Waals surface area (Å²) in [6, 6.07) is 3.64. The van der Waals surface area contributed by atoms with Crippen molar-refractivity contribution in [3.8, 4) is 0 Å². The van der Waals surface area contributed by atoms with Crippen molar-refractivity contribution in [2.75, 3.05) is 20.1 Å². The van der Waals surface area contributed by atoms with Crippen molar-refractivity contribution in [1.29, 1.82) is 0 Å². The van der Waals surface area contributed by atoms with E-state index in [1.807, 2.05) is 13.1 Å². The van der Waals surface area contributed by atoms with Gasteiger partial charge in [0.2, 0.25) is 0 Å². The SMILES string of the molecule is CCN(Cc1ccc(CNC)cn1)CC(F)(F)F. The molecule has 0 spiro atoms. The number of pyridine rings is 1. The highest BCUT2D eigenvalue weighted by molar-refractivity contribution is 5.13. The second-order valence-electron chi connectivity index (χ2n) is 4.11. The molecule has 3 nitrogen and oxygen atoms in total. The Morgan fingerprint density at radius 2 is 2.06 bits per heavy atom. The van der Waals surface area contributed by atoms with Crippen LogP contribution in [0.25, 0.3) is 0 Å². The van der Waals surface area contributed by atoms with E-state index in [2.05, 4.69) is 10.3 Å². The lowest BCUT2D eigenvalue weighted by Gasteiger charge is -2.21. The molecular weight excluding hydrogens is 243 g/mol. The quantitative estimate of drug-likeness (QED) is 0.850. The van der Waals surface area contributed by atoms with E-state index in [1.165, 1.54) is 4.90 Å². The summed E-state index contributed by atoms with van der Waals surface area (Å²) in [7, 11) is 1.83. The Balaban J connectivity index is 2.59. The van der Waals surface area contributed by atoms with Gasteiger partial charge in [0.05, 0.1) is 12.2 Å². The summed E-state index contributed by atoms with van der Waals surface area (Å²) >= 11 is 0. The van der Waals surface area contributed by atoms with Crippen molar-refractivity contribution in [2.24, 2.45) is 0 Å². The third-order valence-electron chi connectivity index (χ3n) is 2.50. The van der Waals surface area contributed by atoms with Crippen molar-refractivity contribution in [3.05, 3.63) is 29.6 Å². The molecule has 0 aromatic carbocycles. The standard InChI is InChI=1S/C12H18F3N3/c1-3-18(9-12(13,14)15)8-11-5-4-10(6-16-2)7-17-11/h4-5,7,16H,3,6,8-9H2,1-2H3. The predicted molar refractivity (Wildman–Crippen MR) is 64.0 cm³/mol. The first-order chi connectivity index (χ1) is 8.44. The average Bonchev–Trinajstić information content (AvgIpc) is 2.29. The second-order valence-corrected chi connectivity index (χ2v) is 4.11. The summed E-state index contributed by atoms with van der Waals surface area (Å²) in [5.74, 6) is 0. The van der Waals surface area contributed by atoms with E-state index in [-0.39, 0.29) is 6.54 Å². The van der Waals surface area contributed by atoms with Crippen LogP contribution < -0.4 is 5.32 Å². The van der Waals surface area contributed by atoms with Gasteiger partial charge in [0.15, 0.2) is 0 Å². The van der Waals surface area contributed by atoms with Gasteiger partial charge in [0.25, 0.3) is 0 Å². The molecule has 0 amide bonds. The molecule has 0 saturated heterocycles. The van der Waals surface area contributed by atoms with E-state index >= 15 is 0 Å². The molecule has 0 unspecified atom stereocenters. The third-order valence-corrected chi connectivity index (χ3v) is 2.50. The maximum atomic E-state index is 12.3. The Morgan fingerprint density at radius 3 is 2.50 bits per heavy atom. The number of nitrogens with one attached hydrogen (secondary N) is 1. The van der Waals surface area contributed by atoms with Crippen molar-refractivity contribution in [1.82, 2.24) is 15.2 Å². The highest BCUT2D eigenvalue weighted by atomic mass is 19.4. The van der Waals surface area contributed by atoms with Gasteiger partial charge in [-0.3, -0.25) is 9.88 Å². The molecule has 0 bridgehead atoms. The van der Waals surface area contributed by atoms with Crippen molar-refractivity contribution in [2.45, 2.75) is 26.2 Å². The van der Waals surface area contributed by atoms with Gasteiger partial charge in [-0.2, -0.15) is 13.2 Å². The molecule has 1 aromatic rings. The lowest BCUT2D eigenvalue weighted by molar-refractivity contribution is -0.146. The van der Waals surface area contributed by atoms with Crippen molar-refractivity contribution >= 4 is 0 Å². The van der Waals surface area contributed by atoms with Crippen molar-refractivity contribution < 1.29 is 13.2 Å². The summed E-state index contributed by atoms with van der Waals surface area (Å²) in [4.78, 5) is 5.49. The van der Waals surface area contributed by atoms with E-state index in [0.29, 0.717) is 18.8 Å². The van der Waals surface area contributed by atoms with E-state index < -0.39 is 12.7 Å². The summed E-state index contributed by atoms with van der Waals surface area (Å²) in [6.07, 6.45) is -2.48. The molecule has 0 aliphatic carbocycles. The number of halogens is 3. The largest absolute Gasteiger partial charge is 0.401 e. The minimum absolute atomic E-state index is 0.218. The molecule has 0 aliphatic rings. The first-order valence-electron chi connectivity index (χ1n) is 5.82. The Bertz CT molecular complexity index is 349. The average molecular weight is 261 g/mol. The molecule has 0 fully saturated rings. The van der Waals surface area contributed by atoms with Crippen LogP contribution in [0.15, 0.2) is 18.3 Å². The minimum atomic E-state index is -4.16. The maximum Gasteiger partial charge on any atom is 0.401 e. The Labute approximate surface area is 105 Å². The topological polar surface area (TPSA) is 28.2 Å². The summed E-state index contributed by atoms with van der Waals surface area (Å²) < 4.78 is 36.9. The molecule has 0 radical (unpaired) electrons. The molecule has 0 aliphatic heterocycles. The van der Waals surface area contributed by atoms with Crippen LogP contribution in [-0.4, -0.2) is 36.2 Å². The molecule has 6 heteroatoms. The Kier molecular flexibility index (Phi) is 5.55. The van der Waals surface area contributed by atoms with E-state index in [0.717, 1.165) is 5.56 Å². The van der Waals surface area contributed by atoms with Crippen LogP contribution >= 0.6 is 0 Å². The minimum Gasteiger partial charge on any atom is -0.316 e. The zero-order valence-corrected chi connectivity index (χ0v) is 10.6. The van der Waals surface area contributed by atoms with Gasteiger partial charge in [-0.05, 0) is 25.2 Å². The fourth-order valence-electron chi connectivity index (χ4n) is 1.62. The van der Waals surface area contributed by atoms with Crippen LogP contribution in [0.3, 0.4) is 0 Å². The van der Waals surface area contributed by atoms with E-state index in [1.54, 1.807) is 19.2 Å². The number of nitrogens with zero attached hydrogens (tertiary/aromatic N) is 2. The van der Waals surface area contributed by atoms with E-state index in [9.17, 15) is 13.2 Å². The maximum absolute atomic E-state index is 12.3. The smallest absolute Gasteiger partial charge is 0.316 e. The van der Waals surface area contributed by atoms with Crippen LogP contribution in [0.5, 0.6) is 0 Å². The van der Waals surface area contributed by atoms with Gasteiger partial charge in [0.1, 0.15) is 0 Å². The number of alkyl halides is 3. The molecule has 18 heavy (non-hydrogen) atoms. The third kappa shape index (κ3) is 5.46. The molecule has 1 aromatic heterocycles. The number of hydrogen-bond acceptors (Lipinski definition) is 3. The number of aromatic nitrogens is 1. The van der Waals surface area contributed by atoms with E-state index in [4.69, 9.17) is 0 Å². The monoisotopic (exact) mass is 261 g/mol. The highest BCUT2D eigenvalue weighted by Crippen LogP contribution is 2.17. The highest BCUT2D eigenvalue weighted by Gasteiger charge is 2.30. The molecule has 0 atom stereocenters. The van der Waals surface area contributed by atoms with Crippen LogP contribution in [0.1, 0.15) is 18.2 Å². The lowest BCUT2D eigenvalue weighted by atomic mass is 10.2. The summed E-state index contributed by atoms with van der Waals surface area (Å²) in [6.45, 7) is 2.08. The number of rotatable bonds is 6. The van der Waals surface area contributed by atoms with Gasteiger partial charge >= 0.3 is 6.18 Å². The zero-order valence-electron chi connectivity index (χ0n) is 10.6. The fraction of sp³-hybridized carbons (Fsp3) is 0.583. The lowest BCUT2D eigenvalue weighted by Crippen LogP contribution is -2.33. The first-order valence-corrected chi connectivity index (χ1v) is 5.82. The fourth-order valence-corrected chi connectivity index (χ4v) is 1.62. The van der Waals surface area contributed by atoms with Gasteiger partial charge in [0, 0.05) is 19.3 Å². The van der Waals surface area contributed by atoms with Crippen LogP contribution in [0.4, 0.5) is 13.2 Å². The van der Waals surface area contributed by atoms with Gasteiger partial charge < -0.3 is 5.32 Å². The number of hydrogen-bond donors (Lipinski definition) is 1. The summed E-state index contributed by atoms with van der Waals surface area (Å²) in [5.41, 5.74) is 1.67. The normalized spacial score (nSPS) is 12.1. The predicted octanol–water partition coefficient (Wildman–Crippen LogP) is 2.19. The molecule has 0 saturated carbocycles. The van der Waals surface area contributed by atoms with Crippen LogP contribution in [-0.2, 0) is 13.1 Å². The molecule has 1 heterocycles. The van der Waals surface area contributed by atoms with Gasteiger partial charge in [-0.1, -0.05) is 13.0 Å².